The van der Waals surface area contributed by atoms with Crippen LogP contribution in [0.4, 0.5) is 0 Å². The number of nitrogens with zero attached hydrogens (tertiary/aromatic N) is 1. The predicted molar refractivity (Wildman–Crippen MR) is 225 cm³/mol. The van der Waals surface area contributed by atoms with Gasteiger partial charge in [0.2, 0.25) is 0 Å². The lowest BCUT2D eigenvalue weighted by atomic mass is 9.73. The number of allylic oxidation sites excluding steroid dienone is 10. The Morgan fingerprint density at radius 1 is 0.755 bits per heavy atom. The monoisotopic (exact) mass is 712 g/mol. The highest BCUT2D eigenvalue weighted by Gasteiger charge is 2.35. The van der Waals surface area contributed by atoms with E-state index in [2.05, 4.69) is 133 Å². The van der Waals surface area contributed by atoms with Gasteiger partial charge in [-0.25, -0.2) is 0 Å². The average Bonchev–Trinajstić information content (AvgIpc) is 3.24. The molecule has 266 valence electrons. The Kier molecular flexibility index (Phi) is 10.8. The van der Waals surface area contributed by atoms with Gasteiger partial charge in [0.25, 0.3) is 0 Å². The minimum absolute atomic E-state index is 0.0388. The van der Waals surface area contributed by atoms with E-state index >= 15 is 0 Å². The molecule has 1 heterocycles. The fourth-order valence-corrected chi connectivity index (χ4v) is 9.31. The highest BCUT2D eigenvalue weighted by atomic mass is 32.2. The molecule has 53 heavy (non-hydrogen) atoms. The molecule has 0 saturated carbocycles. The Hall–Kier alpha value is -4.97. The molecule has 5 heteroatoms. The van der Waals surface area contributed by atoms with Crippen LogP contribution in [-0.2, 0) is 0 Å². The van der Waals surface area contributed by atoms with Gasteiger partial charge in [0.1, 0.15) is 5.84 Å². The van der Waals surface area contributed by atoms with E-state index in [4.69, 9.17) is 16.1 Å². The van der Waals surface area contributed by atoms with Gasteiger partial charge in [-0.2, -0.15) is 0 Å². The quantitative estimate of drug-likeness (QED) is 0.0700. The van der Waals surface area contributed by atoms with Crippen LogP contribution in [0.3, 0.4) is 0 Å². The van der Waals surface area contributed by atoms with E-state index in [1.807, 2.05) is 30.3 Å². The van der Waals surface area contributed by atoms with Crippen LogP contribution in [-0.4, -0.2) is 16.9 Å². The Labute approximate surface area is 318 Å². The zero-order chi connectivity index (χ0) is 36.0. The number of amidine groups is 1. The second-order valence-corrected chi connectivity index (χ2v) is 15.8. The molecule has 4 aromatic carbocycles. The number of aliphatic imine (C=N–C) groups is 1. The molecule has 4 nitrogen and oxygen atoms in total. The zero-order valence-electron chi connectivity index (χ0n) is 30.2. The Morgan fingerprint density at radius 3 is 2.23 bits per heavy atom. The minimum Gasteiger partial charge on any atom is -0.367 e. The molecule has 0 radical (unpaired) electrons. The van der Waals surface area contributed by atoms with E-state index in [-0.39, 0.29) is 12.1 Å². The van der Waals surface area contributed by atoms with E-state index in [9.17, 15) is 0 Å². The second-order valence-electron chi connectivity index (χ2n) is 14.7. The first-order valence-electron chi connectivity index (χ1n) is 19.2. The molecule has 1 aliphatic heterocycles. The molecular formula is C48H48N4S. The third kappa shape index (κ3) is 8.02. The lowest BCUT2D eigenvalue weighted by molar-refractivity contribution is 0.263. The number of benzene rings is 4. The molecule has 4 N–H and O–H groups in total. The van der Waals surface area contributed by atoms with Crippen LogP contribution >= 0.6 is 11.8 Å². The van der Waals surface area contributed by atoms with Gasteiger partial charge in [-0.1, -0.05) is 157 Å². The molecule has 0 bridgehead atoms. The summed E-state index contributed by atoms with van der Waals surface area (Å²) in [5.74, 6) is 2.59. The van der Waals surface area contributed by atoms with Gasteiger partial charge >= 0.3 is 0 Å². The first-order valence-corrected chi connectivity index (χ1v) is 20.0. The van der Waals surface area contributed by atoms with Crippen LogP contribution in [0.1, 0.15) is 77.8 Å². The molecule has 0 amide bonds. The molecular weight excluding hydrogens is 665 g/mol. The molecule has 0 fully saturated rings. The largest absolute Gasteiger partial charge is 0.367 e. The number of thioether (sulfide) groups is 1. The van der Waals surface area contributed by atoms with Crippen LogP contribution in [0.2, 0.25) is 0 Å². The molecule has 0 aromatic heterocycles. The lowest BCUT2D eigenvalue weighted by Gasteiger charge is -2.39. The van der Waals surface area contributed by atoms with Crippen molar-refractivity contribution in [2.75, 3.05) is 0 Å². The number of nitrogens with two attached hydrogens (primary N) is 1. The van der Waals surface area contributed by atoms with E-state index in [1.165, 1.54) is 34.9 Å². The standard InChI is InChI=1S/C48H48N4S/c49-46(36-23-12-4-13-24-36)53-47(50)43-31-40(34-19-8-2-9-20-34)42(30-41(43)35-21-10-3-11-22-35)45-32-44(51-48(52-45)37-25-14-5-15-26-37)39-28-16-27-38(29-39)33-17-6-1-7-18-33/h1-8,10-17,19,21-27,30-31,33,38-39,44-45,47,49H,9,18,20,28-29,32,50H2,(H,51,52). The molecule has 0 spiro atoms. The van der Waals surface area contributed by atoms with Crippen molar-refractivity contribution in [1.82, 2.24) is 5.32 Å². The van der Waals surface area contributed by atoms with Crippen molar-refractivity contribution in [3.63, 3.8) is 0 Å². The van der Waals surface area contributed by atoms with Gasteiger partial charge in [-0.3, -0.25) is 10.4 Å². The number of hydrogen-bond donors (Lipinski definition) is 3. The number of hydrogen-bond acceptors (Lipinski definition) is 5. The van der Waals surface area contributed by atoms with Crippen molar-refractivity contribution in [2.45, 2.75) is 56.0 Å². The van der Waals surface area contributed by atoms with Crippen molar-refractivity contribution in [3.8, 4) is 11.1 Å². The van der Waals surface area contributed by atoms with Gasteiger partial charge in [-0.05, 0) is 102 Å². The van der Waals surface area contributed by atoms with E-state index in [0.717, 1.165) is 65.8 Å². The Bertz CT molecular complexity index is 2090. The van der Waals surface area contributed by atoms with Gasteiger partial charge in [-0.15, -0.1) is 0 Å². The van der Waals surface area contributed by atoms with Gasteiger partial charge in [0, 0.05) is 17.2 Å². The third-order valence-electron chi connectivity index (χ3n) is 11.3. The van der Waals surface area contributed by atoms with E-state index in [1.54, 1.807) is 0 Å². The predicted octanol–water partition coefficient (Wildman–Crippen LogP) is 11.4. The SMILES string of the molecule is N=C(SC(N)c1cc(C2=CC=CCC2)c(C2CC(C3CC=CC(C4C=CC=CC4)C3)NC(c3ccccc3)=N2)cc1-c1ccccc1)c1ccccc1. The summed E-state index contributed by atoms with van der Waals surface area (Å²) in [7, 11) is 0. The topological polar surface area (TPSA) is 74.3 Å². The maximum Gasteiger partial charge on any atom is 0.129 e. The molecule has 6 atom stereocenters. The highest BCUT2D eigenvalue weighted by Crippen LogP contribution is 2.44. The summed E-state index contributed by atoms with van der Waals surface area (Å²) in [6, 6.07) is 36.2. The van der Waals surface area contributed by atoms with Crippen molar-refractivity contribution < 1.29 is 0 Å². The fourth-order valence-electron chi connectivity index (χ4n) is 8.46. The van der Waals surface area contributed by atoms with Gasteiger partial charge in [0.05, 0.1) is 16.5 Å². The maximum absolute atomic E-state index is 8.97. The highest BCUT2D eigenvalue weighted by molar-refractivity contribution is 8.14. The average molecular weight is 713 g/mol. The summed E-state index contributed by atoms with van der Waals surface area (Å²) in [6.07, 6.45) is 27.0. The van der Waals surface area contributed by atoms with Crippen molar-refractivity contribution in [3.05, 3.63) is 186 Å². The summed E-state index contributed by atoms with van der Waals surface area (Å²) in [6.45, 7) is 0. The normalized spacial score (nSPS) is 24.2. The van der Waals surface area contributed by atoms with Crippen LogP contribution in [0.15, 0.2) is 163 Å². The van der Waals surface area contributed by atoms with Crippen LogP contribution in [0, 0.1) is 23.2 Å². The van der Waals surface area contributed by atoms with Crippen molar-refractivity contribution >= 4 is 28.2 Å². The molecule has 8 rings (SSSR count). The first-order chi connectivity index (χ1) is 26.1. The third-order valence-corrected chi connectivity index (χ3v) is 12.3. The summed E-state index contributed by atoms with van der Waals surface area (Å²) in [5, 5.41) is 13.0. The zero-order valence-corrected chi connectivity index (χ0v) is 31.0. The fraction of sp³-hybridized carbons (Fsp3) is 0.250. The molecule has 0 saturated heterocycles. The van der Waals surface area contributed by atoms with Crippen molar-refractivity contribution in [1.29, 1.82) is 5.41 Å². The maximum atomic E-state index is 8.97. The smallest absolute Gasteiger partial charge is 0.129 e. The summed E-state index contributed by atoms with van der Waals surface area (Å²) < 4.78 is 0. The summed E-state index contributed by atoms with van der Waals surface area (Å²) >= 11 is 1.41. The van der Waals surface area contributed by atoms with Gasteiger partial charge < -0.3 is 11.1 Å². The summed E-state index contributed by atoms with van der Waals surface area (Å²) in [4.78, 5) is 5.58. The van der Waals surface area contributed by atoms with Crippen molar-refractivity contribution in [2.24, 2.45) is 28.5 Å². The lowest BCUT2D eigenvalue weighted by Crippen LogP contribution is -2.46. The van der Waals surface area contributed by atoms with Crippen LogP contribution in [0.5, 0.6) is 0 Å². The molecule has 6 unspecified atom stereocenters. The number of rotatable bonds is 9. The first kappa shape index (κ1) is 35.1. The molecule has 4 aromatic rings. The minimum atomic E-state index is -0.427. The Balaban J connectivity index is 1.22. The Morgan fingerprint density at radius 2 is 1.51 bits per heavy atom. The van der Waals surface area contributed by atoms with Crippen LogP contribution in [0.25, 0.3) is 16.7 Å². The number of nitrogens with one attached hydrogen (secondary N) is 2. The van der Waals surface area contributed by atoms with Crippen LogP contribution < -0.4 is 11.1 Å². The molecule has 3 aliphatic carbocycles. The summed E-state index contributed by atoms with van der Waals surface area (Å²) in [5.41, 5.74) is 16.2. The molecule has 4 aliphatic rings. The van der Waals surface area contributed by atoms with Gasteiger partial charge in [0.15, 0.2) is 0 Å². The van der Waals surface area contributed by atoms with E-state index < -0.39 is 5.37 Å². The van der Waals surface area contributed by atoms with E-state index in [0.29, 0.717) is 22.8 Å². The second kappa shape index (κ2) is 16.4.